The lowest BCUT2D eigenvalue weighted by Crippen LogP contribution is -2.23. The summed E-state index contributed by atoms with van der Waals surface area (Å²) in [7, 11) is 2.19. The van der Waals surface area contributed by atoms with Crippen molar-refractivity contribution in [3.8, 4) is 0 Å². The van der Waals surface area contributed by atoms with Gasteiger partial charge in [-0.1, -0.05) is 44.9 Å². The first-order valence-electron chi connectivity index (χ1n) is 9.36. The Hall–Kier alpha value is -1.96. The van der Waals surface area contributed by atoms with E-state index in [0.29, 0.717) is 5.92 Å². The summed E-state index contributed by atoms with van der Waals surface area (Å²) in [6.45, 7) is 5.45. The second kappa shape index (κ2) is 6.16. The van der Waals surface area contributed by atoms with E-state index in [2.05, 4.69) is 73.2 Å². The largest absolute Gasteiger partial charge is 0.355 e. The fourth-order valence-corrected chi connectivity index (χ4v) is 4.20. The summed E-state index contributed by atoms with van der Waals surface area (Å²) in [6, 6.07) is 16.3. The van der Waals surface area contributed by atoms with E-state index in [1.165, 1.54) is 53.9 Å². The zero-order chi connectivity index (χ0) is 16.7. The van der Waals surface area contributed by atoms with Crippen molar-refractivity contribution in [3.63, 3.8) is 0 Å². The van der Waals surface area contributed by atoms with Gasteiger partial charge in [-0.3, -0.25) is 0 Å². The first-order chi connectivity index (χ1) is 11.6. The monoisotopic (exact) mass is 320 g/mol. The Kier molecular flexibility index (Phi) is 3.99. The average Bonchev–Trinajstić information content (AvgIpc) is 3.23. The summed E-state index contributed by atoms with van der Waals surface area (Å²) in [4.78, 5) is 4.78. The summed E-state index contributed by atoms with van der Waals surface area (Å²) in [6.07, 6.45) is 5.53. The van der Waals surface area contributed by atoms with Crippen molar-refractivity contribution in [1.29, 1.82) is 0 Å². The second-order valence-electron chi connectivity index (χ2n) is 7.74. The van der Waals surface area contributed by atoms with Gasteiger partial charge in [-0.05, 0) is 60.1 Å². The predicted octanol–water partition coefficient (Wildman–Crippen LogP) is 6.01. The van der Waals surface area contributed by atoms with Crippen LogP contribution in [0.25, 0.3) is 0 Å². The first kappa shape index (κ1) is 15.6. The van der Waals surface area contributed by atoms with Crippen LogP contribution in [0.5, 0.6) is 0 Å². The van der Waals surface area contributed by atoms with Crippen molar-refractivity contribution in [3.05, 3.63) is 53.6 Å². The van der Waals surface area contributed by atoms with Gasteiger partial charge in [-0.15, -0.1) is 0 Å². The molecule has 24 heavy (non-hydrogen) atoms. The molecule has 0 unspecified atom stereocenters. The molecular weight excluding hydrogens is 292 g/mol. The smallest absolute Gasteiger partial charge is 0.0950 e. The minimum atomic E-state index is 0.573. The van der Waals surface area contributed by atoms with Crippen LogP contribution in [-0.2, 0) is 0 Å². The van der Waals surface area contributed by atoms with Gasteiger partial charge in [0.1, 0.15) is 0 Å². The van der Waals surface area contributed by atoms with Crippen LogP contribution in [0.2, 0.25) is 0 Å². The van der Waals surface area contributed by atoms with Gasteiger partial charge < -0.3 is 9.80 Å². The normalized spacial score (nSPS) is 17.8. The van der Waals surface area contributed by atoms with Crippen molar-refractivity contribution < 1.29 is 0 Å². The highest BCUT2D eigenvalue weighted by Crippen LogP contribution is 2.42. The van der Waals surface area contributed by atoms with E-state index in [9.17, 15) is 0 Å². The molecule has 4 rings (SSSR count). The molecule has 0 N–H and O–H groups in total. The van der Waals surface area contributed by atoms with Crippen LogP contribution in [0.15, 0.2) is 42.5 Å². The Morgan fingerprint density at radius 3 is 2.29 bits per heavy atom. The van der Waals surface area contributed by atoms with Crippen LogP contribution in [0.4, 0.5) is 17.1 Å². The van der Waals surface area contributed by atoms with Crippen LogP contribution < -0.4 is 9.80 Å². The molecule has 1 heterocycles. The quantitative estimate of drug-likeness (QED) is 0.683. The van der Waals surface area contributed by atoms with Crippen molar-refractivity contribution in [2.45, 2.75) is 51.4 Å². The van der Waals surface area contributed by atoms with E-state index < -0.39 is 0 Å². The first-order valence-corrected chi connectivity index (χ1v) is 9.36. The molecule has 126 valence electrons. The van der Waals surface area contributed by atoms with E-state index in [1.807, 2.05) is 0 Å². The van der Waals surface area contributed by atoms with Gasteiger partial charge in [0.2, 0.25) is 0 Å². The SMILES string of the molecule is CC(C)c1ccc2c(c1)N(C)CN2c1ccc(C2CCCC2)cc1. The van der Waals surface area contributed by atoms with Crippen molar-refractivity contribution in [1.82, 2.24) is 0 Å². The van der Waals surface area contributed by atoms with Gasteiger partial charge >= 0.3 is 0 Å². The molecule has 0 radical (unpaired) electrons. The molecule has 2 nitrogen and oxygen atoms in total. The molecule has 1 aliphatic carbocycles. The Morgan fingerprint density at radius 1 is 0.917 bits per heavy atom. The Labute approximate surface area is 146 Å². The minimum absolute atomic E-state index is 0.573. The number of rotatable bonds is 3. The van der Waals surface area contributed by atoms with E-state index in [0.717, 1.165) is 12.6 Å². The second-order valence-corrected chi connectivity index (χ2v) is 7.74. The summed E-state index contributed by atoms with van der Waals surface area (Å²) < 4.78 is 0. The maximum atomic E-state index is 2.43. The van der Waals surface area contributed by atoms with Gasteiger partial charge in [0.05, 0.1) is 18.0 Å². The highest BCUT2D eigenvalue weighted by Gasteiger charge is 2.25. The topological polar surface area (TPSA) is 6.48 Å². The third-order valence-corrected chi connectivity index (χ3v) is 5.75. The van der Waals surface area contributed by atoms with Crippen LogP contribution >= 0.6 is 0 Å². The Morgan fingerprint density at radius 2 is 1.62 bits per heavy atom. The van der Waals surface area contributed by atoms with E-state index >= 15 is 0 Å². The highest BCUT2D eigenvalue weighted by molar-refractivity contribution is 5.82. The van der Waals surface area contributed by atoms with Crippen molar-refractivity contribution in [2.24, 2.45) is 0 Å². The van der Waals surface area contributed by atoms with Crippen LogP contribution in [-0.4, -0.2) is 13.7 Å². The van der Waals surface area contributed by atoms with Gasteiger partial charge in [0.25, 0.3) is 0 Å². The Bertz CT molecular complexity index is 711. The third kappa shape index (κ3) is 2.68. The van der Waals surface area contributed by atoms with Gasteiger partial charge in [0, 0.05) is 12.7 Å². The zero-order valence-electron chi connectivity index (χ0n) is 15.1. The fourth-order valence-electron chi connectivity index (χ4n) is 4.20. The molecule has 2 aromatic carbocycles. The van der Waals surface area contributed by atoms with E-state index in [1.54, 1.807) is 0 Å². The van der Waals surface area contributed by atoms with Gasteiger partial charge in [-0.25, -0.2) is 0 Å². The highest BCUT2D eigenvalue weighted by atomic mass is 15.4. The predicted molar refractivity (Wildman–Crippen MR) is 104 cm³/mol. The molecule has 1 aliphatic heterocycles. The molecule has 0 spiro atoms. The number of hydrogen-bond donors (Lipinski definition) is 0. The number of fused-ring (bicyclic) bond motifs is 1. The molecule has 0 saturated heterocycles. The average molecular weight is 320 g/mol. The molecule has 0 bridgehead atoms. The number of benzene rings is 2. The van der Waals surface area contributed by atoms with Crippen LogP contribution in [0.3, 0.4) is 0 Å². The molecule has 1 fully saturated rings. The standard InChI is InChI=1S/C22H28N2/c1-16(2)19-10-13-21-22(14-19)23(3)15-24(21)20-11-8-18(9-12-20)17-6-4-5-7-17/h8-14,16-17H,4-7,15H2,1-3H3. The van der Waals surface area contributed by atoms with Crippen LogP contribution in [0, 0.1) is 0 Å². The van der Waals surface area contributed by atoms with Gasteiger partial charge in [0.15, 0.2) is 0 Å². The van der Waals surface area contributed by atoms with Crippen molar-refractivity contribution >= 4 is 17.1 Å². The fraction of sp³-hybridized carbons (Fsp3) is 0.455. The number of hydrogen-bond acceptors (Lipinski definition) is 2. The summed E-state index contributed by atoms with van der Waals surface area (Å²) >= 11 is 0. The lowest BCUT2D eigenvalue weighted by Gasteiger charge is -2.20. The summed E-state index contributed by atoms with van der Waals surface area (Å²) in [5, 5.41) is 0. The minimum Gasteiger partial charge on any atom is -0.355 e. The molecule has 1 saturated carbocycles. The van der Waals surface area contributed by atoms with Crippen LogP contribution in [0.1, 0.15) is 62.5 Å². The van der Waals surface area contributed by atoms with E-state index in [-0.39, 0.29) is 0 Å². The number of anilines is 3. The molecule has 2 aliphatic rings. The Balaban J connectivity index is 1.62. The molecular formula is C22H28N2. The van der Waals surface area contributed by atoms with Gasteiger partial charge in [-0.2, -0.15) is 0 Å². The lowest BCUT2D eigenvalue weighted by molar-refractivity contribution is 0.723. The molecule has 0 aromatic heterocycles. The maximum absolute atomic E-state index is 2.43. The van der Waals surface area contributed by atoms with E-state index in [4.69, 9.17) is 0 Å². The lowest BCUT2D eigenvalue weighted by atomic mass is 9.97. The molecule has 0 atom stereocenters. The summed E-state index contributed by atoms with van der Waals surface area (Å²) in [5.41, 5.74) is 6.93. The maximum Gasteiger partial charge on any atom is 0.0950 e. The third-order valence-electron chi connectivity index (χ3n) is 5.75. The summed E-state index contributed by atoms with van der Waals surface area (Å²) in [5.74, 6) is 1.37. The van der Waals surface area contributed by atoms with Crippen molar-refractivity contribution in [2.75, 3.05) is 23.5 Å². The number of nitrogens with zero attached hydrogens (tertiary/aromatic N) is 2. The molecule has 0 amide bonds. The zero-order valence-corrected chi connectivity index (χ0v) is 15.1. The molecule has 2 aromatic rings. The molecule has 2 heteroatoms.